The molecule has 2 N–H and O–H groups in total. The van der Waals surface area contributed by atoms with Gasteiger partial charge in [0.1, 0.15) is 12.1 Å². The van der Waals surface area contributed by atoms with Crippen molar-refractivity contribution in [1.29, 1.82) is 0 Å². The number of likely N-dealkylation sites (tertiary alicyclic amines) is 2. The standard InChI is InChI=1S/C18H26N4O6S/c1-9(2)21-15(25)5-11(17(21)27)19-13(23)7-29-8-14(24)20-12-6-16(26)22(10(3)4)18(12)28/h9-12H,5-8H2,1-4H3,(H,19,23)(H,20,24). The van der Waals surface area contributed by atoms with E-state index in [1.165, 1.54) is 0 Å². The predicted molar refractivity (Wildman–Crippen MR) is 104 cm³/mol. The zero-order valence-corrected chi connectivity index (χ0v) is 17.7. The van der Waals surface area contributed by atoms with Gasteiger partial charge in [-0.1, -0.05) is 0 Å². The van der Waals surface area contributed by atoms with Crippen molar-refractivity contribution in [3.63, 3.8) is 0 Å². The second kappa shape index (κ2) is 9.38. The first-order valence-electron chi connectivity index (χ1n) is 9.41. The summed E-state index contributed by atoms with van der Waals surface area (Å²) in [6.45, 7) is 6.88. The molecule has 2 heterocycles. The molecular weight excluding hydrogens is 400 g/mol. The Hall–Kier alpha value is -2.43. The molecule has 0 saturated carbocycles. The smallest absolute Gasteiger partial charge is 0.252 e. The molecule has 0 aromatic rings. The van der Waals surface area contributed by atoms with Gasteiger partial charge in [0.05, 0.1) is 24.3 Å². The first-order valence-corrected chi connectivity index (χ1v) is 10.6. The fourth-order valence-corrected chi connectivity index (χ4v) is 3.96. The van der Waals surface area contributed by atoms with Crippen molar-refractivity contribution < 1.29 is 28.8 Å². The molecule has 0 radical (unpaired) electrons. The maximum Gasteiger partial charge on any atom is 0.252 e. The van der Waals surface area contributed by atoms with Crippen LogP contribution in [0.3, 0.4) is 0 Å². The van der Waals surface area contributed by atoms with E-state index in [1.807, 2.05) is 0 Å². The molecule has 0 spiro atoms. The lowest BCUT2D eigenvalue weighted by atomic mass is 10.2. The summed E-state index contributed by atoms with van der Waals surface area (Å²) in [6, 6.07) is -2.30. The number of hydrogen-bond acceptors (Lipinski definition) is 7. The second-order valence-electron chi connectivity index (χ2n) is 7.53. The highest BCUT2D eigenvalue weighted by molar-refractivity contribution is 8.00. The van der Waals surface area contributed by atoms with E-state index in [-0.39, 0.29) is 48.2 Å². The minimum atomic E-state index is -0.879. The Bertz CT molecular complexity index is 678. The highest BCUT2D eigenvalue weighted by atomic mass is 32.2. The van der Waals surface area contributed by atoms with Gasteiger partial charge in [-0.2, -0.15) is 0 Å². The third-order valence-corrected chi connectivity index (χ3v) is 5.47. The summed E-state index contributed by atoms with van der Waals surface area (Å²) in [5.74, 6) is -2.59. The van der Waals surface area contributed by atoms with Crippen LogP contribution in [-0.4, -0.2) is 80.9 Å². The minimum absolute atomic E-state index is 0.0714. The maximum absolute atomic E-state index is 12.2. The van der Waals surface area contributed by atoms with Gasteiger partial charge in [0.2, 0.25) is 23.6 Å². The zero-order chi connectivity index (χ0) is 21.9. The highest BCUT2D eigenvalue weighted by Gasteiger charge is 2.41. The third-order valence-electron chi connectivity index (χ3n) is 4.54. The van der Waals surface area contributed by atoms with Crippen LogP contribution in [0.5, 0.6) is 0 Å². The van der Waals surface area contributed by atoms with Crippen LogP contribution in [0.2, 0.25) is 0 Å². The van der Waals surface area contributed by atoms with Crippen molar-refractivity contribution in [2.75, 3.05) is 11.5 Å². The van der Waals surface area contributed by atoms with Gasteiger partial charge in [-0.05, 0) is 27.7 Å². The van der Waals surface area contributed by atoms with Gasteiger partial charge < -0.3 is 10.6 Å². The molecule has 2 rings (SSSR count). The summed E-state index contributed by atoms with van der Waals surface area (Å²) >= 11 is 1.01. The first kappa shape index (κ1) is 22.9. The van der Waals surface area contributed by atoms with Crippen LogP contribution in [0.4, 0.5) is 0 Å². The van der Waals surface area contributed by atoms with Crippen molar-refractivity contribution in [3.05, 3.63) is 0 Å². The van der Waals surface area contributed by atoms with Gasteiger partial charge in [0, 0.05) is 12.1 Å². The summed E-state index contributed by atoms with van der Waals surface area (Å²) in [6.07, 6.45) is -0.143. The number of carbonyl (C=O) groups is 6. The van der Waals surface area contributed by atoms with Crippen LogP contribution in [0.25, 0.3) is 0 Å². The van der Waals surface area contributed by atoms with E-state index < -0.39 is 35.7 Å². The first-order chi connectivity index (χ1) is 13.5. The fourth-order valence-electron chi connectivity index (χ4n) is 3.32. The van der Waals surface area contributed by atoms with Gasteiger partial charge in [-0.25, -0.2) is 0 Å². The van der Waals surface area contributed by atoms with Crippen LogP contribution in [-0.2, 0) is 28.8 Å². The predicted octanol–water partition coefficient (Wildman–Crippen LogP) is -0.976. The average molecular weight is 426 g/mol. The molecule has 2 aliphatic rings. The molecule has 29 heavy (non-hydrogen) atoms. The minimum Gasteiger partial charge on any atom is -0.343 e. The third kappa shape index (κ3) is 5.34. The lowest BCUT2D eigenvalue weighted by Gasteiger charge is -2.19. The van der Waals surface area contributed by atoms with Crippen molar-refractivity contribution >= 4 is 47.2 Å². The molecule has 6 amide bonds. The van der Waals surface area contributed by atoms with Gasteiger partial charge in [0.25, 0.3) is 11.8 Å². The van der Waals surface area contributed by atoms with Gasteiger partial charge in [0.15, 0.2) is 0 Å². The zero-order valence-electron chi connectivity index (χ0n) is 16.9. The number of nitrogens with one attached hydrogen (secondary N) is 2. The quantitative estimate of drug-likeness (QED) is 0.477. The van der Waals surface area contributed by atoms with E-state index in [2.05, 4.69) is 10.6 Å². The molecule has 2 unspecified atom stereocenters. The Labute approximate surface area is 173 Å². The molecule has 2 atom stereocenters. The van der Waals surface area contributed by atoms with E-state index >= 15 is 0 Å². The molecule has 2 saturated heterocycles. The van der Waals surface area contributed by atoms with E-state index in [0.717, 1.165) is 21.6 Å². The van der Waals surface area contributed by atoms with E-state index in [9.17, 15) is 28.8 Å². The maximum atomic E-state index is 12.2. The van der Waals surface area contributed by atoms with Crippen molar-refractivity contribution in [1.82, 2.24) is 20.4 Å². The molecule has 0 aromatic heterocycles. The number of carbonyl (C=O) groups excluding carboxylic acids is 6. The van der Waals surface area contributed by atoms with E-state index in [1.54, 1.807) is 27.7 Å². The fraction of sp³-hybridized carbons (Fsp3) is 0.667. The number of rotatable bonds is 8. The molecule has 10 nitrogen and oxygen atoms in total. The van der Waals surface area contributed by atoms with Crippen molar-refractivity contribution in [2.45, 2.75) is 64.7 Å². The summed E-state index contributed by atoms with van der Waals surface area (Å²) in [7, 11) is 0. The molecule has 0 aliphatic carbocycles. The normalized spacial score (nSPS) is 22.3. The lowest BCUT2D eigenvalue weighted by molar-refractivity contribution is -0.142. The molecule has 0 aromatic carbocycles. The Kier molecular flexibility index (Phi) is 7.39. The molecule has 11 heteroatoms. The summed E-state index contributed by atoms with van der Waals surface area (Å²) in [5, 5.41) is 5.03. The van der Waals surface area contributed by atoms with Crippen LogP contribution in [0.1, 0.15) is 40.5 Å². The molecule has 2 fully saturated rings. The SMILES string of the molecule is CC(C)N1C(=O)CC(NC(=O)CSCC(=O)NC2CC(=O)N(C(C)C)C2=O)C1=O. The Morgan fingerprint density at radius 1 is 0.828 bits per heavy atom. The Morgan fingerprint density at radius 2 is 1.17 bits per heavy atom. The van der Waals surface area contributed by atoms with Gasteiger partial charge >= 0.3 is 0 Å². The number of hydrogen-bond donors (Lipinski definition) is 2. The summed E-state index contributed by atoms with van der Waals surface area (Å²) in [4.78, 5) is 74.3. The number of thioether (sulfide) groups is 1. The van der Waals surface area contributed by atoms with E-state index in [0.29, 0.717) is 0 Å². The monoisotopic (exact) mass is 426 g/mol. The van der Waals surface area contributed by atoms with Crippen molar-refractivity contribution in [2.24, 2.45) is 0 Å². The largest absolute Gasteiger partial charge is 0.343 e. The van der Waals surface area contributed by atoms with Gasteiger partial charge in [-0.15, -0.1) is 11.8 Å². The summed E-state index contributed by atoms with van der Waals surface area (Å²) < 4.78 is 0. The Balaban J connectivity index is 1.73. The van der Waals surface area contributed by atoms with Crippen LogP contribution in [0, 0.1) is 0 Å². The summed E-state index contributed by atoms with van der Waals surface area (Å²) in [5.41, 5.74) is 0. The Morgan fingerprint density at radius 3 is 1.45 bits per heavy atom. The van der Waals surface area contributed by atoms with Gasteiger partial charge in [-0.3, -0.25) is 38.6 Å². The number of imide groups is 2. The average Bonchev–Trinajstić information content (AvgIpc) is 3.02. The molecule has 0 bridgehead atoms. The van der Waals surface area contributed by atoms with Crippen molar-refractivity contribution in [3.8, 4) is 0 Å². The molecule has 2 aliphatic heterocycles. The highest BCUT2D eigenvalue weighted by Crippen LogP contribution is 2.17. The topological polar surface area (TPSA) is 133 Å². The van der Waals surface area contributed by atoms with Crippen LogP contribution >= 0.6 is 11.8 Å². The molecular formula is C18H26N4O6S. The van der Waals surface area contributed by atoms with Crippen LogP contribution < -0.4 is 10.6 Å². The number of amides is 6. The van der Waals surface area contributed by atoms with E-state index in [4.69, 9.17) is 0 Å². The molecule has 160 valence electrons. The number of nitrogens with zero attached hydrogens (tertiary/aromatic N) is 2. The lowest BCUT2D eigenvalue weighted by Crippen LogP contribution is -2.45. The second-order valence-corrected chi connectivity index (χ2v) is 8.52. The van der Waals surface area contributed by atoms with Crippen LogP contribution in [0.15, 0.2) is 0 Å².